The summed E-state index contributed by atoms with van der Waals surface area (Å²) < 4.78 is 0. The van der Waals surface area contributed by atoms with Gasteiger partial charge in [-0.1, -0.05) is 6.07 Å². The van der Waals surface area contributed by atoms with Crippen molar-refractivity contribution >= 4 is 17.7 Å². The molecule has 2 rings (SSSR count). The third kappa shape index (κ3) is 3.23. The topological polar surface area (TPSA) is 42.0 Å². The van der Waals surface area contributed by atoms with Gasteiger partial charge in [-0.3, -0.25) is 9.78 Å². The number of hydrogen-bond donors (Lipinski definition) is 1. The molecule has 1 fully saturated rings. The van der Waals surface area contributed by atoms with Crippen LogP contribution >= 0.6 is 11.8 Å². The molecule has 1 saturated heterocycles. The lowest BCUT2D eigenvalue weighted by molar-refractivity contribution is -0.125. The predicted octanol–water partition coefficient (Wildman–Crippen LogP) is 1.84. The Balaban J connectivity index is 1.79. The van der Waals surface area contributed by atoms with Crippen LogP contribution in [0.15, 0.2) is 24.5 Å². The molecule has 3 nitrogen and oxygen atoms in total. The molecule has 0 saturated carbocycles. The molecule has 0 atom stereocenters. The summed E-state index contributed by atoms with van der Waals surface area (Å²) in [6.45, 7) is 0.594. The van der Waals surface area contributed by atoms with Crippen LogP contribution in [-0.4, -0.2) is 22.4 Å². The number of aromatic nitrogens is 1. The molecule has 0 aromatic carbocycles. The number of hydrogen-bond acceptors (Lipinski definition) is 3. The maximum atomic E-state index is 11.8. The first-order chi connectivity index (χ1) is 7.86. The van der Waals surface area contributed by atoms with E-state index in [1.165, 1.54) is 0 Å². The molecule has 0 unspecified atom stereocenters. The lowest BCUT2D eigenvalue weighted by Gasteiger charge is -2.20. The van der Waals surface area contributed by atoms with Crippen molar-refractivity contribution in [1.29, 1.82) is 0 Å². The molecule has 1 N–H and O–H groups in total. The van der Waals surface area contributed by atoms with Crippen molar-refractivity contribution < 1.29 is 4.79 Å². The van der Waals surface area contributed by atoms with E-state index in [4.69, 9.17) is 0 Å². The highest BCUT2D eigenvalue weighted by molar-refractivity contribution is 7.99. The average molecular weight is 236 g/mol. The summed E-state index contributed by atoms with van der Waals surface area (Å²) in [4.78, 5) is 15.9. The van der Waals surface area contributed by atoms with E-state index in [1.54, 1.807) is 12.4 Å². The summed E-state index contributed by atoms with van der Waals surface area (Å²) in [6, 6.07) is 3.86. The zero-order valence-corrected chi connectivity index (χ0v) is 10.0. The smallest absolute Gasteiger partial charge is 0.223 e. The third-order valence-corrected chi connectivity index (χ3v) is 3.83. The van der Waals surface area contributed by atoms with E-state index in [9.17, 15) is 4.79 Å². The fraction of sp³-hybridized carbons (Fsp3) is 0.500. The molecule has 1 amide bonds. The van der Waals surface area contributed by atoms with Gasteiger partial charge in [0.2, 0.25) is 5.91 Å². The van der Waals surface area contributed by atoms with E-state index in [1.807, 2.05) is 23.9 Å². The maximum absolute atomic E-state index is 11.8. The van der Waals surface area contributed by atoms with Crippen molar-refractivity contribution in [3.8, 4) is 0 Å². The van der Waals surface area contributed by atoms with Gasteiger partial charge in [-0.05, 0) is 36.0 Å². The molecular formula is C12H16N2OS. The summed E-state index contributed by atoms with van der Waals surface area (Å²) in [7, 11) is 0. The number of amides is 1. The molecule has 86 valence electrons. The Morgan fingerprint density at radius 2 is 2.31 bits per heavy atom. The number of carbonyl (C=O) groups is 1. The van der Waals surface area contributed by atoms with Gasteiger partial charge in [-0.15, -0.1) is 0 Å². The molecule has 1 aliphatic rings. The number of nitrogens with zero attached hydrogens (tertiary/aromatic N) is 1. The highest BCUT2D eigenvalue weighted by Crippen LogP contribution is 2.22. The Morgan fingerprint density at radius 1 is 1.50 bits per heavy atom. The Kier molecular flexibility index (Phi) is 4.22. The van der Waals surface area contributed by atoms with Crippen LogP contribution in [0, 0.1) is 5.92 Å². The van der Waals surface area contributed by atoms with Crippen LogP contribution in [0.3, 0.4) is 0 Å². The SMILES string of the molecule is O=C(NCc1cccnc1)C1CCSCC1. The van der Waals surface area contributed by atoms with Crippen LogP contribution in [0.1, 0.15) is 18.4 Å². The molecule has 1 aromatic rings. The molecule has 0 bridgehead atoms. The molecule has 2 heterocycles. The van der Waals surface area contributed by atoms with E-state index in [0.717, 1.165) is 29.9 Å². The van der Waals surface area contributed by atoms with Crippen LogP contribution in [0.25, 0.3) is 0 Å². The van der Waals surface area contributed by atoms with Gasteiger partial charge in [0.1, 0.15) is 0 Å². The van der Waals surface area contributed by atoms with Gasteiger partial charge < -0.3 is 5.32 Å². The first-order valence-electron chi connectivity index (χ1n) is 5.60. The summed E-state index contributed by atoms with van der Waals surface area (Å²) in [5, 5.41) is 2.98. The van der Waals surface area contributed by atoms with E-state index in [-0.39, 0.29) is 11.8 Å². The van der Waals surface area contributed by atoms with Gasteiger partial charge in [0.15, 0.2) is 0 Å². The standard InChI is InChI=1S/C12H16N2OS/c15-12(11-3-6-16-7-4-11)14-9-10-2-1-5-13-8-10/h1-2,5,8,11H,3-4,6-7,9H2,(H,14,15). The van der Waals surface area contributed by atoms with Gasteiger partial charge in [0, 0.05) is 24.9 Å². The van der Waals surface area contributed by atoms with Crippen molar-refractivity contribution in [3.63, 3.8) is 0 Å². The minimum atomic E-state index is 0.198. The predicted molar refractivity (Wildman–Crippen MR) is 66.1 cm³/mol. The largest absolute Gasteiger partial charge is 0.352 e. The lowest BCUT2D eigenvalue weighted by atomic mass is 10.0. The number of rotatable bonds is 3. The van der Waals surface area contributed by atoms with Crippen LogP contribution in [0.2, 0.25) is 0 Å². The third-order valence-electron chi connectivity index (χ3n) is 2.78. The van der Waals surface area contributed by atoms with Crippen LogP contribution < -0.4 is 5.32 Å². The average Bonchev–Trinajstić information content (AvgIpc) is 2.38. The molecule has 1 aromatic heterocycles. The van der Waals surface area contributed by atoms with E-state index in [0.29, 0.717) is 6.54 Å². The van der Waals surface area contributed by atoms with Crippen molar-refractivity contribution in [2.75, 3.05) is 11.5 Å². The molecule has 16 heavy (non-hydrogen) atoms. The van der Waals surface area contributed by atoms with Crippen molar-refractivity contribution in [2.45, 2.75) is 19.4 Å². The van der Waals surface area contributed by atoms with Crippen LogP contribution in [-0.2, 0) is 11.3 Å². The fourth-order valence-corrected chi connectivity index (χ4v) is 2.90. The molecule has 1 aliphatic heterocycles. The number of carbonyl (C=O) groups excluding carboxylic acids is 1. The van der Waals surface area contributed by atoms with Gasteiger partial charge in [-0.25, -0.2) is 0 Å². The Morgan fingerprint density at radius 3 is 3.00 bits per heavy atom. The van der Waals surface area contributed by atoms with Crippen molar-refractivity contribution in [3.05, 3.63) is 30.1 Å². The van der Waals surface area contributed by atoms with Gasteiger partial charge in [0.05, 0.1) is 0 Å². The van der Waals surface area contributed by atoms with Crippen molar-refractivity contribution in [1.82, 2.24) is 10.3 Å². The lowest BCUT2D eigenvalue weighted by Crippen LogP contribution is -2.32. The van der Waals surface area contributed by atoms with E-state index >= 15 is 0 Å². The molecule has 0 aliphatic carbocycles. The maximum Gasteiger partial charge on any atom is 0.223 e. The minimum absolute atomic E-state index is 0.198. The molecular weight excluding hydrogens is 220 g/mol. The highest BCUT2D eigenvalue weighted by atomic mass is 32.2. The second kappa shape index (κ2) is 5.89. The number of nitrogens with one attached hydrogen (secondary N) is 1. The normalized spacial score (nSPS) is 17.0. The molecule has 0 radical (unpaired) electrons. The second-order valence-electron chi connectivity index (χ2n) is 3.97. The zero-order chi connectivity index (χ0) is 11.2. The molecule has 4 heteroatoms. The van der Waals surface area contributed by atoms with Crippen molar-refractivity contribution in [2.24, 2.45) is 5.92 Å². The zero-order valence-electron chi connectivity index (χ0n) is 9.19. The summed E-state index contributed by atoms with van der Waals surface area (Å²) in [6.07, 6.45) is 5.56. The summed E-state index contributed by atoms with van der Waals surface area (Å²) >= 11 is 1.94. The number of pyridine rings is 1. The molecule has 0 spiro atoms. The highest BCUT2D eigenvalue weighted by Gasteiger charge is 2.20. The Labute approximate surface area is 100 Å². The quantitative estimate of drug-likeness (QED) is 0.870. The van der Waals surface area contributed by atoms with Crippen LogP contribution in [0.5, 0.6) is 0 Å². The van der Waals surface area contributed by atoms with Gasteiger partial charge in [-0.2, -0.15) is 11.8 Å². The van der Waals surface area contributed by atoms with Gasteiger partial charge >= 0.3 is 0 Å². The van der Waals surface area contributed by atoms with E-state index < -0.39 is 0 Å². The first-order valence-corrected chi connectivity index (χ1v) is 6.76. The minimum Gasteiger partial charge on any atom is -0.352 e. The van der Waals surface area contributed by atoms with E-state index in [2.05, 4.69) is 10.3 Å². The summed E-state index contributed by atoms with van der Waals surface area (Å²) in [5.74, 6) is 2.65. The Hall–Kier alpha value is -1.03. The Bertz CT molecular complexity index is 336. The second-order valence-corrected chi connectivity index (χ2v) is 5.19. The summed E-state index contributed by atoms with van der Waals surface area (Å²) in [5.41, 5.74) is 1.06. The van der Waals surface area contributed by atoms with Gasteiger partial charge in [0.25, 0.3) is 0 Å². The number of thioether (sulfide) groups is 1. The first kappa shape index (κ1) is 11.5. The van der Waals surface area contributed by atoms with Crippen LogP contribution in [0.4, 0.5) is 0 Å². The monoisotopic (exact) mass is 236 g/mol. The fourth-order valence-electron chi connectivity index (χ4n) is 1.80.